The lowest BCUT2D eigenvalue weighted by atomic mass is 10.1. The number of thiazole rings is 1. The van der Waals surface area contributed by atoms with E-state index in [0.717, 1.165) is 44.6 Å². The molecule has 0 unspecified atom stereocenters. The molecule has 1 aliphatic heterocycles. The first-order valence-electron chi connectivity index (χ1n) is 11.5. The van der Waals surface area contributed by atoms with Crippen molar-refractivity contribution in [1.82, 2.24) is 19.6 Å². The molecule has 4 aromatic heterocycles. The zero-order valence-corrected chi connectivity index (χ0v) is 22.4. The third-order valence-corrected chi connectivity index (χ3v) is 8.32. The number of hydrogen-bond donors (Lipinski definition) is 0. The van der Waals surface area contributed by atoms with Crippen molar-refractivity contribution in [2.24, 2.45) is 0 Å². The number of benzene rings is 1. The minimum Gasteiger partial charge on any atom is -0.496 e. The number of rotatable bonds is 6. The highest BCUT2D eigenvalue weighted by molar-refractivity contribution is 14.1. The van der Waals surface area contributed by atoms with Crippen LogP contribution in [0.1, 0.15) is 24.2 Å². The summed E-state index contributed by atoms with van der Waals surface area (Å²) in [5, 5.41) is 8.50. The van der Waals surface area contributed by atoms with Crippen LogP contribution in [0, 0.1) is 6.92 Å². The van der Waals surface area contributed by atoms with Crippen LogP contribution in [-0.2, 0) is 6.61 Å². The fraction of sp³-hybridized carbons (Fsp3) is 0.320. The van der Waals surface area contributed by atoms with Crippen LogP contribution in [0.2, 0.25) is 0 Å². The Morgan fingerprint density at radius 3 is 2.86 bits per heavy atom. The topological polar surface area (TPSA) is 77.9 Å². The molecule has 5 aromatic rings. The van der Waals surface area contributed by atoms with Crippen molar-refractivity contribution in [3.05, 3.63) is 53.3 Å². The molecule has 35 heavy (non-hydrogen) atoms. The van der Waals surface area contributed by atoms with E-state index in [-0.39, 0.29) is 0 Å². The van der Waals surface area contributed by atoms with E-state index in [2.05, 4.69) is 43.0 Å². The number of aryl methyl sites for hydroxylation is 1. The SMILES string of the molecule is COc1cc(OCc2csc(N3CCC(I)CC3)n2)c2cc(-c3cn4nc(C)ccc4n3)oc2c1. The maximum Gasteiger partial charge on any atom is 0.185 e. The zero-order valence-electron chi connectivity index (χ0n) is 19.4. The summed E-state index contributed by atoms with van der Waals surface area (Å²) in [5.74, 6) is 2.00. The highest BCUT2D eigenvalue weighted by Gasteiger charge is 2.20. The fourth-order valence-corrected chi connectivity index (χ4v) is 5.66. The predicted octanol–water partition coefficient (Wildman–Crippen LogP) is 5.90. The van der Waals surface area contributed by atoms with Gasteiger partial charge in [-0.25, -0.2) is 14.5 Å². The van der Waals surface area contributed by atoms with Gasteiger partial charge in [-0.05, 0) is 38.0 Å². The molecule has 0 N–H and O–H groups in total. The predicted molar refractivity (Wildman–Crippen MR) is 145 cm³/mol. The van der Waals surface area contributed by atoms with Gasteiger partial charge in [-0.1, -0.05) is 22.6 Å². The molecule has 1 aliphatic rings. The number of aromatic nitrogens is 4. The number of anilines is 1. The van der Waals surface area contributed by atoms with Gasteiger partial charge in [0.05, 0.1) is 30.1 Å². The number of alkyl halides is 1. The number of fused-ring (bicyclic) bond motifs is 2. The molecular weight excluding hydrogens is 577 g/mol. The molecule has 5 heterocycles. The van der Waals surface area contributed by atoms with Crippen molar-refractivity contribution in [1.29, 1.82) is 0 Å². The van der Waals surface area contributed by atoms with Gasteiger partial charge >= 0.3 is 0 Å². The maximum absolute atomic E-state index is 6.24. The quantitative estimate of drug-likeness (QED) is 0.177. The first-order chi connectivity index (χ1) is 17.1. The molecule has 0 saturated carbocycles. The molecule has 180 valence electrons. The Kier molecular flexibility index (Phi) is 6.01. The smallest absolute Gasteiger partial charge is 0.185 e. The number of ether oxygens (including phenoxy) is 2. The van der Waals surface area contributed by atoms with Crippen LogP contribution in [0.3, 0.4) is 0 Å². The number of imidazole rings is 1. The van der Waals surface area contributed by atoms with Gasteiger partial charge < -0.3 is 18.8 Å². The van der Waals surface area contributed by atoms with E-state index in [4.69, 9.17) is 18.9 Å². The largest absolute Gasteiger partial charge is 0.496 e. The van der Waals surface area contributed by atoms with Crippen LogP contribution < -0.4 is 14.4 Å². The molecule has 1 aromatic carbocycles. The molecule has 0 atom stereocenters. The molecule has 0 amide bonds. The Labute approximate surface area is 220 Å². The second kappa shape index (κ2) is 9.30. The third-order valence-electron chi connectivity index (χ3n) is 6.12. The van der Waals surface area contributed by atoms with E-state index in [1.165, 1.54) is 12.8 Å². The lowest BCUT2D eigenvalue weighted by Gasteiger charge is -2.29. The van der Waals surface area contributed by atoms with Crippen LogP contribution in [0.4, 0.5) is 5.13 Å². The van der Waals surface area contributed by atoms with Crippen LogP contribution in [0.25, 0.3) is 28.1 Å². The Morgan fingerprint density at radius 1 is 1.17 bits per heavy atom. The van der Waals surface area contributed by atoms with E-state index in [1.54, 1.807) is 23.0 Å². The molecular formula is C25H24IN5O3S. The third kappa shape index (κ3) is 4.56. The first kappa shape index (κ1) is 22.6. The summed E-state index contributed by atoms with van der Waals surface area (Å²) < 4.78 is 20.4. The van der Waals surface area contributed by atoms with Gasteiger partial charge in [0.1, 0.15) is 29.4 Å². The summed E-state index contributed by atoms with van der Waals surface area (Å²) in [6, 6.07) is 9.59. The lowest BCUT2D eigenvalue weighted by molar-refractivity contribution is 0.303. The van der Waals surface area contributed by atoms with Gasteiger partial charge in [0.15, 0.2) is 16.5 Å². The Hall–Kier alpha value is -2.86. The standard InChI is InChI=1S/C25H24IN5O3S/c1-15-3-4-24-28-20(12-31(24)29-15)23-11-19-21(9-18(32-2)10-22(19)34-23)33-13-17-14-35-25(27-17)30-7-5-16(26)6-8-30/h3-4,9-12,14,16H,5-8,13H2,1-2H3. The highest BCUT2D eigenvalue weighted by Crippen LogP contribution is 2.37. The number of piperidine rings is 1. The summed E-state index contributed by atoms with van der Waals surface area (Å²) >= 11 is 4.22. The van der Waals surface area contributed by atoms with E-state index in [0.29, 0.717) is 35.1 Å². The minimum atomic E-state index is 0.375. The lowest BCUT2D eigenvalue weighted by Crippen LogP contribution is -2.33. The maximum atomic E-state index is 6.24. The Morgan fingerprint density at radius 2 is 2.03 bits per heavy atom. The van der Waals surface area contributed by atoms with Crippen molar-refractivity contribution in [3.63, 3.8) is 0 Å². The highest BCUT2D eigenvalue weighted by atomic mass is 127. The van der Waals surface area contributed by atoms with E-state index in [9.17, 15) is 0 Å². The van der Waals surface area contributed by atoms with Crippen molar-refractivity contribution in [3.8, 4) is 23.0 Å². The molecule has 1 fully saturated rings. The monoisotopic (exact) mass is 601 g/mol. The average molecular weight is 601 g/mol. The molecule has 8 nitrogen and oxygen atoms in total. The summed E-state index contributed by atoms with van der Waals surface area (Å²) in [4.78, 5) is 11.9. The number of methoxy groups -OCH3 is 1. The van der Waals surface area contributed by atoms with Gasteiger partial charge in [-0.3, -0.25) is 0 Å². The Balaban J connectivity index is 1.26. The molecule has 6 rings (SSSR count). The van der Waals surface area contributed by atoms with Crippen LogP contribution in [-0.4, -0.2) is 43.7 Å². The summed E-state index contributed by atoms with van der Waals surface area (Å²) in [7, 11) is 1.64. The molecule has 1 saturated heterocycles. The zero-order chi connectivity index (χ0) is 23.9. The number of furan rings is 1. The van der Waals surface area contributed by atoms with Crippen molar-refractivity contribution < 1.29 is 13.9 Å². The molecule has 0 bridgehead atoms. The second-order valence-corrected chi connectivity index (χ2v) is 11.2. The minimum absolute atomic E-state index is 0.375. The van der Waals surface area contributed by atoms with Crippen molar-refractivity contribution in [2.45, 2.75) is 30.3 Å². The van der Waals surface area contributed by atoms with Crippen molar-refractivity contribution >= 4 is 55.7 Å². The average Bonchev–Trinajstić information content (AvgIpc) is 3.60. The summed E-state index contributed by atoms with van der Waals surface area (Å²) in [5.41, 5.74) is 4.00. The molecule has 0 radical (unpaired) electrons. The second-order valence-electron chi connectivity index (χ2n) is 8.62. The van der Waals surface area contributed by atoms with E-state index >= 15 is 0 Å². The first-order valence-corrected chi connectivity index (χ1v) is 13.6. The molecule has 0 aliphatic carbocycles. The van der Waals surface area contributed by atoms with E-state index < -0.39 is 0 Å². The number of nitrogens with zero attached hydrogens (tertiary/aromatic N) is 5. The molecule has 0 spiro atoms. The van der Waals surface area contributed by atoms with Crippen LogP contribution in [0.15, 0.2) is 46.3 Å². The fourth-order valence-electron chi connectivity index (χ4n) is 4.24. The summed E-state index contributed by atoms with van der Waals surface area (Å²) in [6.07, 6.45) is 4.28. The van der Waals surface area contributed by atoms with Gasteiger partial charge in [0, 0.05) is 34.5 Å². The van der Waals surface area contributed by atoms with Gasteiger partial charge in [-0.15, -0.1) is 11.3 Å². The van der Waals surface area contributed by atoms with Gasteiger partial charge in [0.25, 0.3) is 0 Å². The number of halogens is 1. The Bertz CT molecular complexity index is 1500. The summed E-state index contributed by atoms with van der Waals surface area (Å²) in [6.45, 7) is 4.45. The van der Waals surface area contributed by atoms with Gasteiger partial charge in [0.2, 0.25) is 0 Å². The van der Waals surface area contributed by atoms with E-state index in [1.807, 2.05) is 43.5 Å². The normalized spacial score (nSPS) is 14.8. The van der Waals surface area contributed by atoms with Gasteiger partial charge in [-0.2, -0.15) is 5.10 Å². The van der Waals surface area contributed by atoms with Crippen LogP contribution >= 0.6 is 33.9 Å². The number of hydrogen-bond acceptors (Lipinski definition) is 8. The van der Waals surface area contributed by atoms with Crippen LogP contribution in [0.5, 0.6) is 11.5 Å². The molecule has 10 heteroatoms. The van der Waals surface area contributed by atoms with Crippen molar-refractivity contribution in [2.75, 3.05) is 25.1 Å².